The number of ether oxygens (including phenoxy) is 1. The molecule has 3 aromatic heterocycles. The van der Waals surface area contributed by atoms with Crippen molar-refractivity contribution in [1.29, 1.82) is 0 Å². The summed E-state index contributed by atoms with van der Waals surface area (Å²) in [5.41, 5.74) is 1.89. The molecule has 0 fully saturated rings. The zero-order valence-corrected chi connectivity index (χ0v) is 15.6. The van der Waals surface area contributed by atoms with E-state index in [1.807, 2.05) is 13.0 Å². The number of H-pyrrole nitrogens is 1. The van der Waals surface area contributed by atoms with Crippen molar-refractivity contribution in [2.75, 3.05) is 0 Å². The third-order valence-corrected chi connectivity index (χ3v) is 4.43. The Morgan fingerprint density at radius 2 is 2.11 bits per heavy atom. The highest BCUT2D eigenvalue weighted by Gasteiger charge is 2.19. The first kappa shape index (κ1) is 18.0. The average Bonchev–Trinajstić information content (AvgIpc) is 3.37. The number of nitrogens with one attached hydrogen (secondary N) is 1. The van der Waals surface area contributed by atoms with Gasteiger partial charge in [0.1, 0.15) is 12.1 Å². The standard InChI is InChI=1S/C19H20FN7O/c1-3-4-7-13-10-16(28-12(2)17-21-11-22-23-17)26-27-18(13)24-25-19(27)14-8-5-6-9-15(14)20/h5-6,8-12H,3-4,7H2,1-2H3,(H,21,22,23). The predicted octanol–water partition coefficient (Wildman–Crippen LogP) is 3.53. The fraction of sp³-hybridized carbons (Fsp3) is 0.316. The van der Waals surface area contributed by atoms with Crippen molar-refractivity contribution in [3.8, 4) is 17.3 Å². The van der Waals surface area contributed by atoms with Gasteiger partial charge in [-0.15, -0.1) is 15.3 Å². The van der Waals surface area contributed by atoms with Crippen LogP contribution >= 0.6 is 0 Å². The Bertz CT molecular complexity index is 1080. The maximum Gasteiger partial charge on any atom is 0.232 e. The lowest BCUT2D eigenvalue weighted by molar-refractivity contribution is 0.204. The van der Waals surface area contributed by atoms with Gasteiger partial charge in [-0.05, 0) is 31.9 Å². The van der Waals surface area contributed by atoms with Crippen LogP contribution in [0.5, 0.6) is 5.88 Å². The molecule has 4 aromatic rings. The number of halogens is 1. The van der Waals surface area contributed by atoms with Crippen LogP contribution in [-0.2, 0) is 6.42 Å². The van der Waals surface area contributed by atoms with E-state index in [1.165, 1.54) is 12.4 Å². The van der Waals surface area contributed by atoms with E-state index >= 15 is 0 Å². The Labute approximate surface area is 160 Å². The Kier molecular flexibility index (Phi) is 4.96. The monoisotopic (exact) mass is 381 g/mol. The van der Waals surface area contributed by atoms with Gasteiger partial charge in [-0.25, -0.2) is 9.37 Å². The summed E-state index contributed by atoms with van der Waals surface area (Å²) in [5.74, 6) is 0.861. The number of unbranched alkanes of at least 4 members (excludes halogenated alkanes) is 1. The van der Waals surface area contributed by atoms with Crippen LogP contribution in [0.3, 0.4) is 0 Å². The van der Waals surface area contributed by atoms with E-state index in [9.17, 15) is 4.39 Å². The van der Waals surface area contributed by atoms with Crippen LogP contribution in [0.25, 0.3) is 17.0 Å². The van der Waals surface area contributed by atoms with Gasteiger partial charge in [-0.3, -0.25) is 5.10 Å². The summed E-state index contributed by atoms with van der Waals surface area (Å²) >= 11 is 0. The molecule has 0 spiro atoms. The molecular formula is C19H20FN7O. The summed E-state index contributed by atoms with van der Waals surface area (Å²) in [6, 6.07) is 8.29. The third kappa shape index (κ3) is 3.42. The first-order chi connectivity index (χ1) is 13.7. The van der Waals surface area contributed by atoms with Gasteiger partial charge in [0.2, 0.25) is 5.88 Å². The van der Waals surface area contributed by atoms with Crippen molar-refractivity contribution in [3.63, 3.8) is 0 Å². The number of nitrogens with zero attached hydrogens (tertiary/aromatic N) is 6. The maximum atomic E-state index is 14.3. The minimum absolute atomic E-state index is 0.335. The molecule has 9 heteroatoms. The van der Waals surface area contributed by atoms with Gasteiger partial charge in [-0.1, -0.05) is 25.5 Å². The van der Waals surface area contributed by atoms with Crippen molar-refractivity contribution >= 4 is 5.65 Å². The summed E-state index contributed by atoms with van der Waals surface area (Å²) in [6.45, 7) is 3.96. The quantitative estimate of drug-likeness (QED) is 0.526. The molecule has 1 atom stereocenters. The van der Waals surface area contributed by atoms with Crippen LogP contribution < -0.4 is 4.74 Å². The SMILES string of the molecule is CCCCc1cc(OC(C)c2nc[nH]n2)nn2c(-c3ccccc3F)nnc12. The highest BCUT2D eigenvalue weighted by molar-refractivity contribution is 5.61. The maximum absolute atomic E-state index is 14.3. The lowest BCUT2D eigenvalue weighted by Gasteiger charge is -2.13. The number of hydrogen-bond donors (Lipinski definition) is 1. The van der Waals surface area contributed by atoms with Gasteiger partial charge in [0.05, 0.1) is 5.56 Å². The number of hydrogen-bond acceptors (Lipinski definition) is 6. The van der Waals surface area contributed by atoms with Crippen LogP contribution in [0.1, 0.15) is 44.2 Å². The van der Waals surface area contributed by atoms with Gasteiger partial charge in [0, 0.05) is 11.6 Å². The number of fused-ring (bicyclic) bond motifs is 1. The molecule has 1 unspecified atom stereocenters. The van der Waals surface area contributed by atoms with Gasteiger partial charge in [-0.2, -0.15) is 9.61 Å². The normalized spacial score (nSPS) is 12.4. The van der Waals surface area contributed by atoms with E-state index in [2.05, 4.69) is 37.4 Å². The molecule has 0 saturated carbocycles. The zero-order chi connectivity index (χ0) is 19.5. The zero-order valence-electron chi connectivity index (χ0n) is 15.6. The summed E-state index contributed by atoms with van der Waals surface area (Å²) < 4.78 is 21.8. The Morgan fingerprint density at radius 1 is 1.25 bits per heavy atom. The highest BCUT2D eigenvalue weighted by Crippen LogP contribution is 2.26. The number of aromatic amines is 1. The Hall–Kier alpha value is -3.36. The topological polar surface area (TPSA) is 93.9 Å². The first-order valence-electron chi connectivity index (χ1n) is 9.20. The van der Waals surface area contributed by atoms with E-state index in [1.54, 1.807) is 22.7 Å². The summed E-state index contributed by atoms with van der Waals surface area (Å²) in [7, 11) is 0. The number of aryl methyl sites for hydroxylation is 1. The molecule has 4 rings (SSSR count). The van der Waals surface area contributed by atoms with Crippen molar-refractivity contribution in [1.82, 2.24) is 35.0 Å². The summed E-state index contributed by atoms with van der Waals surface area (Å²) in [6.07, 6.45) is 3.91. The van der Waals surface area contributed by atoms with Gasteiger partial charge < -0.3 is 4.74 Å². The molecule has 8 nitrogen and oxygen atoms in total. The lowest BCUT2D eigenvalue weighted by atomic mass is 10.1. The minimum Gasteiger partial charge on any atom is -0.465 e. The fourth-order valence-corrected chi connectivity index (χ4v) is 2.98. The molecule has 28 heavy (non-hydrogen) atoms. The second-order valence-electron chi connectivity index (χ2n) is 6.47. The van der Waals surface area contributed by atoms with Crippen LogP contribution in [0.15, 0.2) is 36.7 Å². The van der Waals surface area contributed by atoms with Gasteiger partial charge in [0.25, 0.3) is 0 Å². The second-order valence-corrected chi connectivity index (χ2v) is 6.47. The Balaban J connectivity index is 1.79. The van der Waals surface area contributed by atoms with Crippen LogP contribution in [-0.4, -0.2) is 35.0 Å². The number of rotatable bonds is 7. The molecule has 0 aliphatic carbocycles. The number of benzene rings is 1. The average molecular weight is 381 g/mol. The Morgan fingerprint density at radius 3 is 2.86 bits per heavy atom. The van der Waals surface area contributed by atoms with E-state index in [4.69, 9.17) is 4.74 Å². The van der Waals surface area contributed by atoms with Gasteiger partial charge >= 0.3 is 0 Å². The van der Waals surface area contributed by atoms with E-state index in [0.717, 1.165) is 24.8 Å². The molecule has 144 valence electrons. The minimum atomic E-state index is -0.399. The van der Waals surface area contributed by atoms with E-state index in [0.29, 0.717) is 28.7 Å². The largest absolute Gasteiger partial charge is 0.465 e. The second kappa shape index (κ2) is 7.71. The van der Waals surface area contributed by atoms with Crippen molar-refractivity contribution in [2.24, 2.45) is 0 Å². The van der Waals surface area contributed by atoms with Gasteiger partial charge in [0.15, 0.2) is 23.4 Å². The highest BCUT2D eigenvalue weighted by atomic mass is 19.1. The molecule has 0 aliphatic heterocycles. The number of aromatic nitrogens is 7. The predicted molar refractivity (Wildman–Crippen MR) is 100 cm³/mol. The van der Waals surface area contributed by atoms with Crippen molar-refractivity contribution in [3.05, 3.63) is 53.9 Å². The van der Waals surface area contributed by atoms with Crippen LogP contribution in [0.4, 0.5) is 4.39 Å². The van der Waals surface area contributed by atoms with Crippen LogP contribution in [0.2, 0.25) is 0 Å². The fourth-order valence-electron chi connectivity index (χ4n) is 2.98. The molecule has 0 amide bonds. The molecule has 0 radical (unpaired) electrons. The van der Waals surface area contributed by atoms with E-state index in [-0.39, 0.29) is 5.82 Å². The molecule has 0 aliphatic rings. The molecule has 1 aromatic carbocycles. The first-order valence-corrected chi connectivity index (χ1v) is 9.20. The smallest absolute Gasteiger partial charge is 0.232 e. The van der Waals surface area contributed by atoms with Crippen molar-refractivity contribution in [2.45, 2.75) is 39.2 Å². The molecule has 0 bridgehead atoms. The third-order valence-electron chi connectivity index (χ3n) is 4.43. The van der Waals surface area contributed by atoms with Crippen molar-refractivity contribution < 1.29 is 9.13 Å². The summed E-state index contributed by atoms with van der Waals surface area (Å²) in [5, 5.41) is 19.7. The van der Waals surface area contributed by atoms with Crippen LogP contribution in [0, 0.1) is 5.82 Å². The molecular weight excluding hydrogens is 361 g/mol. The molecule has 1 N–H and O–H groups in total. The molecule has 3 heterocycles. The lowest BCUT2D eigenvalue weighted by Crippen LogP contribution is -2.09. The van der Waals surface area contributed by atoms with E-state index < -0.39 is 6.10 Å². The summed E-state index contributed by atoms with van der Waals surface area (Å²) in [4.78, 5) is 4.11. The molecule has 0 saturated heterocycles.